The monoisotopic (exact) mass is 857 g/mol. The Labute approximate surface area is 392 Å². The van der Waals surface area contributed by atoms with Crippen LogP contribution < -0.4 is 9.80 Å². The predicted molar refractivity (Wildman–Crippen MR) is 285 cm³/mol. The lowest BCUT2D eigenvalue weighted by Crippen LogP contribution is -2.37. The summed E-state index contributed by atoms with van der Waals surface area (Å²) in [6.07, 6.45) is 6.78. The van der Waals surface area contributed by atoms with Crippen molar-refractivity contribution in [2.75, 3.05) is 9.80 Å². The van der Waals surface area contributed by atoms with Gasteiger partial charge in [0.2, 0.25) is 0 Å². The Balaban J connectivity index is 1.00. The van der Waals surface area contributed by atoms with Gasteiger partial charge in [-0.3, -0.25) is 0 Å². The molecule has 2 heterocycles. The van der Waals surface area contributed by atoms with Crippen molar-refractivity contribution < 1.29 is 0 Å². The lowest BCUT2D eigenvalue weighted by atomic mass is 9.81. The number of rotatable bonds is 10. The van der Waals surface area contributed by atoms with E-state index in [0.717, 1.165) is 45.1 Å². The van der Waals surface area contributed by atoms with E-state index < -0.39 is 0 Å². The topological polar surface area (TPSA) is 11.4 Å². The summed E-state index contributed by atoms with van der Waals surface area (Å²) in [7, 11) is 0. The molecule has 2 unspecified atom stereocenters. The largest absolute Gasteiger partial charge is 0.333 e. The van der Waals surface area contributed by atoms with Crippen LogP contribution in [0.3, 0.4) is 0 Å². The van der Waals surface area contributed by atoms with Crippen molar-refractivity contribution in [3.05, 3.63) is 273 Å². The second-order valence-corrected chi connectivity index (χ2v) is 17.4. The number of hydrogen-bond donors (Lipinski definition) is 0. The highest BCUT2D eigenvalue weighted by Crippen LogP contribution is 2.47. The number of para-hydroxylation sites is 3. The molecule has 11 aromatic rings. The molecule has 67 heavy (non-hydrogen) atoms. The molecule has 3 nitrogen and oxygen atoms in total. The van der Waals surface area contributed by atoms with Crippen molar-refractivity contribution in [3.8, 4) is 27.9 Å². The minimum atomic E-state index is 0.0125. The van der Waals surface area contributed by atoms with Crippen LogP contribution in [0.1, 0.15) is 17.0 Å². The molecule has 0 radical (unpaired) electrons. The minimum absolute atomic E-state index is 0.0125. The summed E-state index contributed by atoms with van der Waals surface area (Å²) in [5, 5.41) is 4.96. The number of aromatic nitrogens is 1. The highest BCUT2D eigenvalue weighted by Gasteiger charge is 2.33. The highest BCUT2D eigenvalue weighted by atomic mass is 15.2. The summed E-state index contributed by atoms with van der Waals surface area (Å²) >= 11 is 0. The van der Waals surface area contributed by atoms with Crippen LogP contribution in [0.5, 0.6) is 0 Å². The summed E-state index contributed by atoms with van der Waals surface area (Å²) in [6.45, 7) is 4.40. The molecule has 0 fully saturated rings. The second kappa shape index (κ2) is 17.0. The van der Waals surface area contributed by atoms with Crippen molar-refractivity contribution >= 4 is 67.1 Å². The van der Waals surface area contributed by atoms with Gasteiger partial charge in [0.1, 0.15) is 0 Å². The van der Waals surface area contributed by atoms with Crippen LogP contribution in [0.2, 0.25) is 0 Å². The smallest absolute Gasteiger partial charge is 0.0629 e. The zero-order valence-corrected chi connectivity index (χ0v) is 37.0. The zero-order valence-electron chi connectivity index (χ0n) is 37.0. The first-order valence-electron chi connectivity index (χ1n) is 23.1. The summed E-state index contributed by atoms with van der Waals surface area (Å²) in [5.41, 5.74) is 16.2. The Bertz CT molecular complexity index is 3530. The third-order valence-corrected chi connectivity index (χ3v) is 13.4. The first-order valence-corrected chi connectivity index (χ1v) is 23.1. The van der Waals surface area contributed by atoms with Gasteiger partial charge >= 0.3 is 0 Å². The standard InChI is InChI=1S/C64H47N3/c1-2-56-58-30-17-23-48-24-18-32-63(64(48)58)67(52-27-13-6-14-28-52)61(56)39-35-45-33-36-53(37-34-45)65(55-42-49(46-19-7-3-8-20-46)41-50(43-55)47-21-9-4-10-22-47)54-38-40-62-59(44-54)57-29-15-16-31-60(57)66(62)51-25-11-5-12-26-51/h2-44,56,61H,1H2/b39-35+. The molecular weight excluding hydrogens is 811 g/mol. The Morgan fingerprint density at radius 2 is 1.01 bits per heavy atom. The van der Waals surface area contributed by atoms with E-state index in [2.05, 4.69) is 282 Å². The molecule has 0 saturated heterocycles. The lowest BCUT2D eigenvalue weighted by molar-refractivity contribution is 0.693. The van der Waals surface area contributed by atoms with Gasteiger partial charge in [0.05, 0.1) is 17.1 Å². The van der Waals surface area contributed by atoms with Crippen molar-refractivity contribution in [3.63, 3.8) is 0 Å². The van der Waals surface area contributed by atoms with E-state index in [-0.39, 0.29) is 12.0 Å². The molecule has 0 spiro atoms. The number of nitrogens with zero attached hydrogens (tertiary/aromatic N) is 3. The predicted octanol–water partition coefficient (Wildman–Crippen LogP) is 17.2. The third kappa shape index (κ3) is 7.18. The molecular formula is C64H47N3. The number of benzene rings is 10. The average Bonchev–Trinajstić information content (AvgIpc) is 3.73. The Hall–Kier alpha value is -8.66. The number of hydrogen-bond acceptors (Lipinski definition) is 2. The van der Waals surface area contributed by atoms with Gasteiger partial charge in [0, 0.05) is 56.2 Å². The van der Waals surface area contributed by atoms with Crippen LogP contribution in [0.15, 0.2) is 261 Å². The van der Waals surface area contributed by atoms with E-state index in [0.29, 0.717) is 0 Å². The quantitative estimate of drug-likeness (QED) is 0.127. The molecule has 0 saturated carbocycles. The normalized spacial score (nSPS) is 14.5. The fourth-order valence-corrected chi connectivity index (χ4v) is 10.4. The zero-order chi connectivity index (χ0) is 44.7. The van der Waals surface area contributed by atoms with Crippen molar-refractivity contribution in [1.29, 1.82) is 0 Å². The molecule has 2 atom stereocenters. The Kier molecular flexibility index (Phi) is 10.1. The summed E-state index contributed by atoms with van der Waals surface area (Å²) in [6, 6.07) is 87.9. The fraction of sp³-hybridized carbons (Fsp3) is 0.0312. The van der Waals surface area contributed by atoms with Crippen LogP contribution in [-0.2, 0) is 0 Å². The summed E-state index contributed by atoms with van der Waals surface area (Å²) in [5.74, 6) is 0.0864. The van der Waals surface area contributed by atoms with E-state index in [4.69, 9.17) is 0 Å². The van der Waals surface area contributed by atoms with Crippen LogP contribution in [-0.4, -0.2) is 10.6 Å². The van der Waals surface area contributed by atoms with E-state index in [1.54, 1.807) is 0 Å². The van der Waals surface area contributed by atoms with Gasteiger partial charge in [-0.05, 0) is 124 Å². The Morgan fingerprint density at radius 1 is 0.433 bits per heavy atom. The molecule has 0 aliphatic carbocycles. The fourth-order valence-electron chi connectivity index (χ4n) is 10.4. The minimum Gasteiger partial charge on any atom is -0.333 e. The number of fused-ring (bicyclic) bond motifs is 3. The maximum atomic E-state index is 4.40. The maximum Gasteiger partial charge on any atom is 0.0629 e. The van der Waals surface area contributed by atoms with Crippen molar-refractivity contribution in [2.24, 2.45) is 0 Å². The molecule has 1 aliphatic rings. The molecule has 0 N–H and O–H groups in total. The van der Waals surface area contributed by atoms with Gasteiger partial charge < -0.3 is 14.4 Å². The summed E-state index contributed by atoms with van der Waals surface area (Å²) in [4.78, 5) is 4.91. The van der Waals surface area contributed by atoms with Gasteiger partial charge in [-0.15, -0.1) is 6.58 Å². The van der Waals surface area contributed by atoms with Gasteiger partial charge in [0.15, 0.2) is 0 Å². The van der Waals surface area contributed by atoms with Gasteiger partial charge in [-0.2, -0.15) is 0 Å². The van der Waals surface area contributed by atoms with Gasteiger partial charge in [0.25, 0.3) is 0 Å². The number of anilines is 5. The Morgan fingerprint density at radius 3 is 1.69 bits per heavy atom. The van der Waals surface area contributed by atoms with Crippen LogP contribution in [0.4, 0.5) is 28.4 Å². The maximum absolute atomic E-state index is 4.40. The molecule has 318 valence electrons. The van der Waals surface area contributed by atoms with E-state index in [9.17, 15) is 0 Å². The second-order valence-electron chi connectivity index (χ2n) is 17.4. The van der Waals surface area contributed by atoms with Crippen LogP contribution in [0.25, 0.3) is 66.6 Å². The lowest BCUT2D eigenvalue weighted by Gasteiger charge is -2.41. The molecule has 0 amide bonds. The molecule has 10 aromatic carbocycles. The molecule has 1 aliphatic heterocycles. The van der Waals surface area contributed by atoms with E-state index in [1.165, 1.54) is 55.0 Å². The highest BCUT2D eigenvalue weighted by molar-refractivity contribution is 6.11. The van der Waals surface area contributed by atoms with E-state index in [1.807, 2.05) is 0 Å². The van der Waals surface area contributed by atoms with Crippen LogP contribution >= 0.6 is 0 Å². The summed E-state index contributed by atoms with van der Waals surface area (Å²) < 4.78 is 2.38. The molecule has 3 heteroatoms. The van der Waals surface area contributed by atoms with Crippen LogP contribution in [0, 0.1) is 0 Å². The molecule has 1 aromatic heterocycles. The van der Waals surface area contributed by atoms with Gasteiger partial charge in [-0.1, -0.05) is 176 Å². The van der Waals surface area contributed by atoms with E-state index >= 15 is 0 Å². The average molecular weight is 858 g/mol. The SMILES string of the molecule is C=CC1c2cccc3cccc(c23)N(c2ccccc2)C1/C=C/c1ccc(N(c2cc(-c3ccccc3)cc(-c3ccccc3)c2)c2ccc3c(c2)c2ccccc2n3-c2ccccc2)cc1. The molecule has 12 rings (SSSR count). The van der Waals surface area contributed by atoms with Crippen molar-refractivity contribution in [1.82, 2.24) is 4.57 Å². The third-order valence-electron chi connectivity index (χ3n) is 13.4. The first-order chi connectivity index (χ1) is 33.2. The van der Waals surface area contributed by atoms with Crippen molar-refractivity contribution in [2.45, 2.75) is 12.0 Å². The first kappa shape index (κ1) is 39.9. The van der Waals surface area contributed by atoms with Gasteiger partial charge in [-0.25, -0.2) is 0 Å². The molecule has 0 bridgehead atoms.